The zero-order valence-corrected chi connectivity index (χ0v) is 11.8. The lowest BCUT2D eigenvalue weighted by molar-refractivity contribution is -0.409. The van der Waals surface area contributed by atoms with Gasteiger partial charge in [-0.3, -0.25) is 0 Å². The summed E-state index contributed by atoms with van der Waals surface area (Å²) in [6, 6.07) is 0. The van der Waals surface area contributed by atoms with Crippen LogP contribution in [0.1, 0.15) is 53.4 Å². The Morgan fingerprint density at radius 2 is 2.00 bits per heavy atom. The van der Waals surface area contributed by atoms with E-state index >= 15 is 0 Å². The predicted molar refractivity (Wildman–Crippen MR) is 68.8 cm³/mol. The summed E-state index contributed by atoms with van der Waals surface area (Å²) in [4.78, 5) is 11.7. The van der Waals surface area contributed by atoms with Crippen LogP contribution < -0.4 is 0 Å². The Labute approximate surface area is 109 Å². The highest BCUT2D eigenvalue weighted by molar-refractivity contribution is 5.38. The third-order valence-corrected chi connectivity index (χ3v) is 5.49. The first kappa shape index (κ1) is 12.6. The Morgan fingerprint density at radius 1 is 1.28 bits per heavy atom. The van der Waals surface area contributed by atoms with Crippen LogP contribution in [0.15, 0.2) is 11.6 Å². The average molecular weight is 252 g/mol. The molecule has 2 heterocycles. The molecule has 0 aromatic heterocycles. The summed E-state index contributed by atoms with van der Waals surface area (Å²) < 4.78 is 0. The van der Waals surface area contributed by atoms with Crippen molar-refractivity contribution in [1.29, 1.82) is 0 Å². The fourth-order valence-corrected chi connectivity index (χ4v) is 3.87. The molecular weight excluding hydrogens is 228 g/mol. The van der Waals surface area contributed by atoms with Crippen LogP contribution in [0.3, 0.4) is 0 Å². The van der Waals surface area contributed by atoms with E-state index in [-0.39, 0.29) is 11.2 Å². The van der Waals surface area contributed by atoms with Gasteiger partial charge in [-0.05, 0) is 56.1 Å². The second-order valence-electron chi connectivity index (χ2n) is 6.94. The van der Waals surface area contributed by atoms with Crippen molar-refractivity contribution in [2.24, 2.45) is 11.8 Å². The number of hydrogen-bond donors (Lipinski definition) is 1. The molecule has 0 radical (unpaired) electrons. The summed E-state index contributed by atoms with van der Waals surface area (Å²) in [7, 11) is 0. The Balaban J connectivity index is 2.15. The van der Waals surface area contributed by atoms with Crippen molar-refractivity contribution >= 4 is 0 Å². The fraction of sp³-hybridized carbons (Fsp3) is 0.867. The van der Waals surface area contributed by atoms with Crippen LogP contribution in [0, 0.1) is 11.8 Å². The van der Waals surface area contributed by atoms with Crippen molar-refractivity contribution in [3.05, 3.63) is 11.6 Å². The Bertz CT molecular complexity index is 399. The minimum absolute atomic E-state index is 0.349. The molecule has 3 heteroatoms. The maximum Gasteiger partial charge on any atom is 0.130 e. The molecule has 4 rings (SSSR count). The molecule has 0 amide bonds. The first-order chi connectivity index (χ1) is 8.32. The van der Waals surface area contributed by atoms with Crippen LogP contribution >= 0.6 is 0 Å². The van der Waals surface area contributed by atoms with Crippen molar-refractivity contribution in [2.75, 3.05) is 0 Å². The highest BCUT2D eigenvalue weighted by Crippen LogP contribution is 2.57. The molecule has 0 aromatic rings. The van der Waals surface area contributed by atoms with Gasteiger partial charge < -0.3 is 5.11 Å². The van der Waals surface area contributed by atoms with E-state index in [1.165, 1.54) is 0 Å². The first-order valence-electron chi connectivity index (χ1n) is 7.15. The summed E-state index contributed by atoms with van der Waals surface area (Å²) in [6.45, 7) is 8.46. The standard InChI is InChI=1S/C15H24O3/c1-10(2)14-6-5-11(3)15(18-17-14)8-7-13(4,16)12(15)9-14/h9-11,16H,5-8H2,1-4H3/t11-,13+,14+,15-/m1/s1. The van der Waals surface area contributed by atoms with Gasteiger partial charge in [-0.15, -0.1) is 0 Å². The first-order valence-corrected chi connectivity index (χ1v) is 7.15. The highest BCUT2D eigenvalue weighted by Gasteiger charge is 2.61. The molecular formula is C15H24O3. The number of aliphatic hydroxyl groups is 1. The van der Waals surface area contributed by atoms with Crippen molar-refractivity contribution in [3.8, 4) is 0 Å². The Morgan fingerprint density at radius 3 is 2.67 bits per heavy atom. The number of hydrogen-bond acceptors (Lipinski definition) is 3. The van der Waals surface area contributed by atoms with Gasteiger partial charge in [-0.25, -0.2) is 9.78 Å². The third kappa shape index (κ3) is 1.41. The topological polar surface area (TPSA) is 38.7 Å². The lowest BCUT2D eigenvalue weighted by Crippen LogP contribution is -2.48. The predicted octanol–water partition coefficient (Wildman–Crippen LogP) is 2.98. The molecule has 4 aliphatic rings. The van der Waals surface area contributed by atoms with Crippen molar-refractivity contribution in [1.82, 2.24) is 0 Å². The maximum atomic E-state index is 10.6. The van der Waals surface area contributed by atoms with Crippen molar-refractivity contribution < 1.29 is 14.9 Å². The van der Waals surface area contributed by atoms with Crippen LogP contribution in [0.2, 0.25) is 0 Å². The lowest BCUT2D eigenvalue weighted by Gasteiger charge is -2.43. The molecule has 2 fully saturated rings. The molecule has 0 unspecified atom stereocenters. The molecule has 2 bridgehead atoms. The molecule has 1 N–H and O–H groups in total. The van der Waals surface area contributed by atoms with Gasteiger partial charge in [0.15, 0.2) is 0 Å². The maximum absolute atomic E-state index is 10.6. The Hall–Kier alpha value is -0.380. The molecule has 3 nitrogen and oxygen atoms in total. The van der Waals surface area contributed by atoms with E-state index < -0.39 is 5.60 Å². The monoisotopic (exact) mass is 252 g/mol. The molecule has 18 heavy (non-hydrogen) atoms. The average Bonchev–Trinajstić information content (AvgIpc) is 2.45. The molecule has 2 aliphatic heterocycles. The fourth-order valence-electron chi connectivity index (χ4n) is 3.87. The second-order valence-corrected chi connectivity index (χ2v) is 6.94. The van der Waals surface area contributed by atoms with Crippen LogP contribution in [0.4, 0.5) is 0 Å². The normalized spacial score (nSPS) is 51.2. The van der Waals surface area contributed by atoms with Crippen LogP contribution in [-0.2, 0) is 9.78 Å². The van der Waals surface area contributed by atoms with Gasteiger partial charge in [-0.1, -0.05) is 20.8 Å². The van der Waals surface area contributed by atoms with Gasteiger partial charge in [0.25, 0.3) is 0 Å². The summed E-state index contributed by atoms with van der Waals surface area (Å²) in [5.41, 5.74) is -0.390. The minimum Gasteiger partial charge on any atom is -0.386 e. The summed E-state index contributed by atoms with van der Waals surface area (Å²) in [5.74, 6) is 0.755. The van der Waals surface area contributed by atoms with E-state index in [1.54, 1.807) is 0 Å². The van der Waals surface area contributed by atoms with Gasteiger partial charge >= 0.3 is 0 Å². The van der Waals surface area contributed by atoms with E-state index in [0.29, 0.717) is 11.8 Å². The zero-order chi connectivity index (χ0) is 13.2. The summed E-state index contributed by atoms with van der Waals surface area (Å²) in [6.07, 6.45) is 5.89. The third-order valence-electron chi connectivity index (χ3n) is 5.49. The van der Waals surface area contributed by atoms with Gasteiger partial charge in [0, 0.05) is 0 Å². The molecule has 4 atom stereocenters. The lowest BCUT2D eigenvalue weighted by atomic mass is 9.80. The summed E-state index contributed by atoms with van der Waals surface area (Å²) >= 11 is 0. The van der Waals surface area contributed by atoms with E-state index in [4.69, 9.17) is 9.78 Å². The second kappa shape index (κ2) is 3.59. The van der Waals surface area contributed by atoms with Crippen LogP contribution in [0.5, 0.6) is 0 Å². The quantitative estimate of drug-likeness (QED) is 0.576. The molecule has 1 saturated heterocycles. The van der Waals surface area contributed by atoms with Gasteiger partial charge in [0.05, 0.1) is 5.60 Å². The van der Waals surface area contributed by atoms with Gasteiger partial charge in [0.1, 0.15) is 11.2 Å². The minimum atomic E-state index is -0.734. The van der Waals surface area contributed by atoms with E-state index in [1.807, 2.05) is 6.92 Å². The van der Waals surface area contributed by atoms with Crippen molar-refractivity contribution in [3.63, 3.8) is 0 Å². The van der Waals surface area contributed by atoms with E-state index in [9.17, 15) is 5.11 Å². The van der Waals surface area contributed by atoms with Gasteiger partial charge in [0.2, 0.25) is 0 Å². The summed E-state index contributed by atoms with van der Waals surface area (Å²) in [5, 5.41) is 10.6. The van der Waals surface area contributed by atoms with Crippen LogP contribution in [-0.4, -0.2) is 21.9 Å². The molecule has 102 valence electrons. The zero-order valence-electron chi connectivity index (χ0n) is 11.8. The molecule has 0 aromatic carbocycles. The van der Waals surface area contributed by atoms with Crippen molar-refractivity contribution in [2.45, 2.75) is 70.2 Å². The van der Waals surface area contributed by atoms with Gasteiger partial charge in [-0.2, -0.15) is 0 Å². The molecule has 1 saturated carbocycles. The molecule has 1 spiro atoms. The van der Waals surface area contributed by atoms with E-state index in [0.717, 1.165) is 31.3 Å². The van der Waals surface area contributed by atoms with Crippen LogP contribution in [0.25, 0.3) is 0 Å². The number of fused-ring (bicyclic) bond motifs is 3. The Kier molecular flexibility index (Phi) is 2.52. The largest absolute Gasteiger partial charge is 0.386 e. The molecule has 2 aliphatic carbocycles. The smallest absolute Gasteiger partial charge is 0.130 e. The number of rotatable bonds is 1. The SMILES string of the molecule is CC(C)[C@]12C=C3[C@@](C)(O)CC[C@@]3(OO1)[C@H](C)CC2. The van der Waals surface area contributed by atoms with E-state index in [2.05, 4.69) is 26.8 Å². The highest BCUT2D eigenvalue weighted by atomic mass is 17.2.